The van der Waals surface area contributed by atoms with Crippen LogP contribution >= 0.6 is 35.0 Å². The maximum Gasteiger partial charge on any atom is 0.247 e. The summed E-state index contributed by atoms with van der Waals surface area (Å²) in [7, 11) is 1.49. The minimum absolute atomic E-state index is 0.228. The Labute approximate surface area is 199 Å². The molecule has 0 unspecified atom stereocenters. The van der Waals surface area contributed by atoms with Gasteiger partial charge >= 0.3 is 0 Å². The Morgan fingerprint density at radius 2 is 2.09 bits per heavy atom. The van der Waals surface area contributed by atoms with E-state index in [1.54, 1.807) is 18.2 Å². The number of anilines is 1. The van der Waals surface area contributed by atoms with Crippen molar-refractivity contribution < 1.29 is 14.3 Å². The van der Waals surface area contributed by atoms with Crippen molar-refractivity contribution in [3.05, 3.63) is 64.7 Å². The largest absolute Gasteiger partial charge is 0.495 e. The van der Waals surface area contributed by atoms with Crippen molar-refractivity contribution in [2.45, 2.75) is 18.3 Å². The molecule has 32 heavy (non-hydrogen) atoms. The van der Waals surface area contributed by atoms with Crippen molar-refractivity contribution in [2.24, 2.45) is 0 Å². The highest BCUT2D eigenvalue weighted by Crippen LogP contribution is 2.46. The van der Waals surface area contributed by atoms with Gasteiger partial charge in [-0.1, -0.05) is 59.2 Å². The molecule has 4 rings (SSSR count). The molecular formula is C22H18Cl2N4O3S. The number of hydrogen-bond donors (Lipinski definition) is 0. The number of amides is 1. The van der Waals surface area contributed by atoms with Crippen molar-refractivity contribution in [3.63, 3.8) is 0 Å². The molecule has 1 aliphatic rings. The van der Waals surface area contributed by atoms with Crippen LogP contribution in [0.25, 0.3) is 11.3 Å². The Kier molecular flexibility index (Phi) is 6.55. The maximum atomic E-state index is 12.9. The molecule has 0 saturated carbocycles. The number of fused-ring (bicyclic) bond motifs is 3. The monoisotopic (exact) mass is 488 g/mol. The highest BCUT2D eigenvalue weighted by Gasteiger charge is 2.36. The molecule has 0 radical (unpaired) electrons. The van der Waals surface area contributed by atoms with Crippen LogP contribution in [0.5, 0.6) is 11.6 Å². The van der Waals surface area contributed by atoms with Gasteiger partial charge in [-0.2, -0.15) is 4.98 Å². The number of nitrogens with zero attached hydrogens (tertiary/aromatic N) is 4. The summed E-state index contributed by atoms with van der Waals surface area (Å²) in [5.74, 6) is 0.919. The third-order valence-electron chi connectivity index (χ3n) is 4.69. The molecule has 0 fully saturated rings. The molecule has 10 heteroatoms. The standard InChI is InChI=1S/C22H18Cl2N4O3S/c1-4-9-32-22-25-20-18(26-27-22)14-7-5-6-8-17(14)28(12(2)29)21(31-20)15-10-13(23)11-16(24)19(15)30-3/h4-8,10-11,21H,1,9H2,2-3H3/t21-/m1/s1. The van der Waals surface area contributed by atoms with Crippen molar-refractivity contribution in [2.75, 3.05) is 17.8 Å². The smallest absolute Gasteiger partial charge is 0.247 e. The number of thioether (sulfide) groups is 1. The highest BCUT2D eigenvalue weighted by molar-refractivity contribution is 7.99. The van der Waals surface area contributed by atoms with Crippen molar-refractivity contribution in [1.82, 2.24) is 15.2 Å². The summed E-state index contributed by atoms with van der Waals surface area (Å²) in [6.45, 7) is 5.16. The summed E-state index contributed by atoms with van der Waals surface area (Å²) in [5.41, 5.74) is 2.14. The Balaban J connectivity index is 1.98. The van der Waals surface area contributed by atoms with Crippen LogP contribution in [0.2, 0.25) is 10.0 Å². The van der Waals surface area contributed by atoms with Crippen LogP contribution in [0.4, 0.5) is 5.69 Å². The SMILES string of the molecule is C=CCSc1nnc2c(n1)O[C@H](c1cc(Cl)cc(Cl)c1OC)N(C(C)=O)c1ccccc1-2. The van der Waals surface area contributed by atoms with Crippen LogP contribution < -0.4 is 14.4 Å². The highest BCUT2D eigenvalue weighted by atomic mass is 35.5. The van der Waals surface area contributed by atoms with E-state index in [4.69, 9.17) is 32.7 Å². The average molecular weight is 489 g/mol. The predicted molar refractivity (Wildman–Crippen MR) is 126 cm³/mol. The third-order valence-corrected chi connectivity index (χ3v) is 6.02. The lowest BCUT2D eigenvalue weighted by atomic mass is 10.1. The molecule has 0 aliphatic carbocycles. The average Bonchev–Trinajstić information content (AvgIpc) is 2.91. The van der Waals surface area contributed by atoms with Crippen LogP contribution in [-0.4, -0.2) is 34.0 Å². The number of methoxy groups -OCH3 is 1. The summed E-state index contributed by atoms with van der Waals surface area (Å²) < 4.78 is 11.9. The predicted octanol–water partition coefficient (Wildman–Crippen LogP) is 5.58. The number of ether oxygens (including phenoxy) is 2. The van der Waals surface area contributed by atoms with E-state index in [-0.39, 0.29) is 11.8 Å². The number of para-hydroxylation sites is 1. The second-order valence-corrected chi connectivity index (χ2v) is 8.57. The van der Waals surface area contributed by atoms with E-state index >= 15 is 0 Å². The van der Waals surface area contributed by atoms with Gasteiger partial charge in [0.25, 0.3) is 0 Å². The fraction of sp³-hybridized carbons (Fsp3) is 0.182. The lowest BCUT2D eigenvalue weighted by molar-refractivity contribution is -0.118. The van der Waals surface area contributed by atoms with Gasteiger partial charge in [-0.05, 0) is 18.2 Å². The van der Waals surface area contributed by atoms with Crippen LogP contribution in [0.3, 0.4) is 0 Å². The van der Waals surface area contributed by atoms with Gasteiger partial charge in [0.05, 0.1) is 23.4 Å². The minimum Gasteiger partial charge on any atom is -0.495 e. The first-order valence-electron chi connectivity index (χ1n) is 9.51. The second kappa shape index (κ2) is 9.36. The van der Waals surface area contributed by atoms with Gasteiger partial charge < -0.3 is 9.47 Å². The topological polar surface area (TPSA) is 77.4 Å². The lowest BCUT2D eigenvalue weighted by Crippen LogP contribution is -2.36. The Hall–Kier alpha value is -2.81. The number of carbonyl (C=O) groups is 1. The van der Waals surface area contributed by atoms with E-state index in [9.17, 15) is 4.79 Å². The third kappa shape index (κ3) is 4.13. The normalized spacial score (nSPS) is 14.6. The summed E-state index contributed by atoms with van der Waals surface area (Å²) in [6, 6.07) is 10.5. The van der Waals surface area contributed by atoms with Crippen molar-refractivity contribution in [3.8, 4) is 22.9 Å². The molecule has 1 atom stereocenters. The van der Waals surface area contributed by atoms with Crippen LogP contribution in [0, 0.1) is 0 Å². The summed E-state index contributed by atoms with van der Waals surface area (Å²) in [4.78, 5) is 18.9. The van der Waals surface area contributed by atoms with Gasteiger partial charge in [-0.15, -0.1) is 16.8 Å². The van der Waals surface area contributed by atoms with Crippen molar-refractivity contribution in [1.29, 1.82) is 0 Å². The van der Waals surface area contributed by atoms with Crippen LogP contribution in [0.15, 0.2) is 54.2 Å². The van der Waals surface area contributed by atoms with Crippen molar-refractivity contribution >= 4 is 46.6 Å². The quantitative estimate of drug-likeness (QED) is 0.342. The van der Waals surface area contributed by atoms with Gasteiger partial charge in [0, 0.05) is 23.3 Å². The summed E-state index contributed by atoms with van der Waals surface area (Å²) in [6.07, 6.45) is 0.782. The number of hydrogen-bond acceptors (Lipinski definition) is 7. The lowest BCUT2D eigenvalue weighted by Gasteiger charge is -2.31. The fourth-order valence-electron chi connectivity index (χ4n) is 3.43. The Morgan fingerprint density at radius 1 is 1.31 bits per heavy atom. The van der Waals surface area contributed by atoms with E-state index in [0.717, 1.165) is 0 Å². The van der Waals surface area contributed by atoms with E-state index in [1.165, 1.54) is 30.7 Å². The molecule has 3 aromatic rings. The van der Waals surface area contributed by atoms with Gasteiger partial charge in [0.1, 0.15) is 5.75 Å². The maximum absolute atomic E-state index is 12.9. The molecule has 0 bridgehead atoms. The molecule has 0 N–H and O–H groups in total. The molecule has 2 aromatic carbocycles. The summed E-state index contributed by atoms with van der Waals surface area (Å²) >= 11 is 14.1. The van der Waals surface area contributed by atoms with E-state index < -0.39 is 6.23 Å². The molecule has 164 valence electrons. The molecule has 7 nitrogen and oxygen atoms in total. The fourth-order valence-corrected chi connectivity index (χ4v) is 4.53. The number of benzene rings is 2. The molecular weight excluding hydrogens is 471 g/mol. The molecule has 0 spiro atoms. The van der Waals surface area contributed by atoms with Gasteiger partial charge in [-0.3, -0.25) is 9.69 Å². The molecule has 2 heterocycles. The first-order valence-corrected chi connectivity index (χ1v) is 11.3. The Bertz CT molecular complexity index is 1210. The second-order valence-electron chi connectivity index (χ2n) is 6.73. The van der Waals surface area contributed by atoms with Gasteiger partial charge in [-0.25, -0.2) is 0 Å². The molecule has 0 saturated heterocycles. The van der Waals surface area contributed by atoms with Gasteiger partial charge in [0.2, 0.25) is 23.2 Å². The van der Waals surface area contributed by atoms with Crippen LogP contribution in [0.1, 0.15) is 18.7 Å². The van der Waals surface area contributed by atoms with E-state index in [0.29, 0.717) is 49.2 Å². The molecule has 1 aromatic heterocycles. The Morgan fingerprint density at radius 3 is 2.81 bits per heavy atom. The molecule has 1 amide bonds. The van der Waals surface area contributed by atoms with E-state index in [2.05, 4.69) is 21.8 Å². The van der Waals surface area contributed by atoms with Crippen LogP contribution in [-0.2, 0) is 4.79 Å². The zero-order chi connectivity index (χ0) is 22.8. The van der Waals surface area contributed by atoms with E-state index in [1.807, 2.05) is 24.3 Å². The number of carbonyl (C=O) groups excluding carboxylic acids is 1. The number of halogens is 2. The zero-order valence-electron chi connectivity index (χ0n) is 17.2. The first-order chi connectivity index (χ1) is 15.4. The minimum atomic E-state index is -0.963. The zero-order valence-corrected chi connectivity index (χ0v) is 19.5. The first kappa shape index (κ1) is 22.4. The number of rotatable bonds is 5. The van der Waals surface area contributed by atoms with Gasteiger partial charge in [0.15, 0.2) is 5.69 Å². The summed E-state index contributed by atoms with van der Waals surface area (Å²) in [5, 5.41) is 9.65. The number of aromatic nitrogens is 3. The molecule has 1 aliphatic heterocycles.